The first-order valence-electron chi connectivity index (χ1n) is 3.78. The van der Waals surface area contributed by atoms with Crippen molar-refractivity contribution in [3.8, 4) is 0 Å². The first-order valence-corrected chi connectivity index (χ1v) is 4.94. The Morgan fingerprint density at radius 1 is 1.90 bits per heavy atom. The van der Waals surface area contributed by atoms with Crippen molar-refractivity contribution in [2.24, 2.45) is 5.92 Å². The molecule has 0 aliphatic carbocycles. The van der Waals surface area contributed by atoms with Gasteiger partial charge in [0.1, 0.15) is 0 Å². The van der Waals surface area contributed by atoms with E-state index in [1.807, 2.05) is 17.8 Å². The van der Waals surface area contributed by atoms with Crippen molar-refractivity contribution in [1.29, 1.82) is 0 Å². The van der Waals surface area contributed by atoms with Gasteiger partial charge >= 0.3 is 0 Å². The van der Waals surface area contributed by atoms with Gasteiger partial charge in [-0.3, -0.25) is 0 Å². The number of hydrogen-bond acceptors (Lipinski definition) is 1. The van der Waals surface area contributed by atoms with E-state index in [-0.39, 0.29) is 0 Å². The SMILES string of the molecule is C=CC1=CCSCC1CC. The van der Waals surface area contributed by atoms with Gasteiger partial charge in [0.05, 0.1) is 0 Å². The molecule has 1 heterocycles. The van der Waals surface area contributed by atoms with Gasteiger partial charge < -0.3 is 0 Å². The predicted octanol–water partition coefficient (Wildman–Crippen LogP) is 2.87. The molecule has 0 radical (unpaired) electrons. The average Bonchev–Trinajstić information content (AvgIpc) is 2.04. The Labute approximate surface area is 67.4 Å². The molecule has 0 saturated heterocycles. The molecule has 0 spiro atoms. The largest absolute Gasteiger partial charge is 0.157 e. The summed E-state index contributed by atoms with van der Waals surface area (Å²) in [5.41, 5.74) is 1.46. The average molecular weight is 154 g/mol. The molecule has 0 bridgehead atoms. The van der Waals surface area contributed by atoms with Crippen molar-refractivity contribution >= 4 is 11.8 Å². The van der Waals surface area contributed by atoms with E-state index in [4.69, 9.17) is 0 Å². The van der Waals surface area contributed by atoms with Gasteiger partial charge in [0.15, 0.2) is 0 Å². The summed E-state index contributed by atoms with van der Waals surface area (Å²) in [5, 5.41) is 0. The fourth-order valence-corrected chi connectivity index (χ4v) is 2.39. The Kier molecular flexibility index (Phi) is 3.07. The van der Waals surface area contributed by atoms with Gasteiger partial charge in [0.2, 0.25) is 0 Å². The molecule has 0 nitrogen and oxygen atoms in total. The third-order valence-corrected chi connectivity index (χ3v) is 3.00. The Bertz CT molecular complexity index is 147. The zero-order chi connectivity index (χ0) is 7.40. The molecule has 0 fully saturated rings. The molecule has 0 aromatic heterocycles. The van der Waals surface area contributed by atoms with Crippen LogP contribution in [0.15, 0.2) is 24.3 Å². The van der Waals surface area contributed by atoms with E-state index >= 15 is 0 Å². The number of hydrogen-bond donors (Lipinski definition) is 0. The molecule has 0 amide bonds. The summed E-state index contributed by atoms with van der Waals surface area (Å²) >= 11 is 2.02. The standard InChI is InChI=1S/C9H14S/c1-3-8-5-6-10-7-9(8)4-2/h3,5,9H,1,4,6-7H2,2H3. The highest BCUT2D eigenvalue weighted by Crippen LogP contribution is 2.26. The van der Waals surface area contributed by atoms with Crippen molar-refractivity contribution in [1.82, 2.24) is 0 Å². The third kappa shape index (κ3) is 1.66. The number of allylic oxidation sites excluding steroid dienone is 2. The second-order valence-electron chi connectivity index (χ2n) is 2.55. The van der Waals surface area contributed by atoms with Crippen LogP contribution in [-0.2, 0) is 0 Å². The van der Waals surface area contributed by atoms with Crippen LogP contribution in [0.5, 0.6) is 0 Å². The van der Waals surface area contributed by atoms with E-state index in [0.717, 1.165) is 5.92 Å². The highest BCUT2D eigenvalue weighted by atomic mass is 32.2. The molecule has 0 saturated carbocycles. The van der Waals surface area contributed by atoms with Gasteiger partial charge in [-0.2, -0.15) is 11.8 Å². The summed E-state index contributed by atoms with van der Waals surface area (Å²) in [4.78, 5) is 0. The molecule has 1 unspecified atom stereocenters. The monoisotopic (exact) mass is 154 g/mol. The number of thioether (sulfide) groups is 1. The van der Waals surface area contributed by atoms with E-state index in [2.05, 4.69) is 19.6 Å². The summed E-state index contributed by atoms with van der Waals surface area (Å²) in [6.45, 7) is 6.05. The zero-order valence-electron chi connectivity index (χ0n) is 6.47. The lowest BCUT2D eigenvalue weighted by Gasteiger charge is -2.19. The van der Waals surface area contributed by atoms with Gasteiger partial charge in [-0.1, -0.05) is 25.7 Å². The molecule has 1 heteroatoms. The second kappa shape index (κ2) is 3.87. The fraction of sp³-hybridized carbons (Fsp3) is 0.556. The van der Waals surface area contributed by atoms with E-state index in [1.54, 1.807) is 0 Å². The summed E-state index contributed by atoms with van der Waals surface area (Å²) in [5.74, 6) is 3.24. The van der Waals surface area contributed by atoms with Gasteiger partial charge in [0, 0.05) is 11.5 Å². The Balaban J connectivity index is 2.62. The van der Waals surface area contributed by atoms with Crippen molar-refractivity contribution in [3.05, 3.63) is 24.3 Å². The first kappa shape index (κ1) is 7.93. The van der Waals surface area contributed by atoms with E-state index < -0.39 is 0 Å². The van der Waals surface area contributed by atoms with Crippen LogP contribution in [-0.4, -0.2) is 11.5 Å². The lowest BCUT2D eigenvalue weighted by atomic mass is 9.98. The van der Waals surface area contributed by atoms with Crippen LogP contribution < -0.4 is 0 Å². The van der Waals surface area contributed by atoms with Crippen LogP contribution >= 0.6 is 11.8 Å². The molecular weight excluding hydrogens is 140 g/mol. The van der Waals surface area contributed by atoms with Crippen LogP contribution in [0, 0.1) is 5.92 Å². The normalized spacial score (nSPS) is 25.7. The molecule has 1 atom stereocenters. The lowest BCUT2D eigenvalue weighted by molar-refractivity contribution is 0.676. The van der Waals surface area contributed by atoms with Gasteiger partial charge in [-0.15, -0.1) is 0 Å². The minimum Gasteiger partial charge on any atom is -0.157 e. The van der Waals surface area contributed by atoms with E-state index in [9.17, 15) is 0 Å². The maximum absolute atomic E-state index is 3.80. The Morgan fingerprint density at radius 2 is 2.70 bits per heavy atom. The molecule has 1 aliphatic heterocycles. The van der Waals surface area contributed by atoms with Gasteiger partial charge in [-0.25, -0.2) is 0 Å². The van der Waals surface area contributed by atoms with Crippen LogP contribution in [0.4, 0.5) is 0 Å². The molecule has 56 valence electrons. The summed E-state index contributed by atoms with van der Waals surface area (Å²) in [6, 6.07) is 0. The van der Waals surface area contributed by atoms with Crippen molar-refractivity contribution in [2.45, 2.75) is 13.3 Å². The summed E-state index contributed by atoms with van der Waals surface area (Å²) < 4.78 is 0. The van der Waals surface area contributed by atoms with E-state index in [1.165, 1.54) is 23.5 Å². The summed E-state index contributed by atoms with van der Waals surface area (Å²) in [7, 11) is 0. The lowest BCUT2D eigenvalue weighted by Crippen LogP contribution is -2.09. The molecule has 10 heavy (non-hydrogen) atoms. The van der Waals surface area contributed by atoms with E-state index in [0.29, 0.717) is 0 Å². The van der Waals surface area contributed by atoms with Crippen molar-refractivity contribution in [2.75, 3.05) is 11.5 Å². The molecular formula is C9H14S. The van der Waals surface area contributed by atoms with Crippen LogP contribution in [0.3, 0.4) is 0 Å². The maximum Gasteiger partial charge on any atom is 0.0119 e. The third-order valence-electron chi connectivity index (χ3n) is 1.96. The fourth-order valence-electron chi connectivity index (χ4n) is 1.23. The smallest absolute Gasteiger partial charge is 0.0119 e. The molecule has 1 rings (SSSR count). The zero-order valence-corrected chi connectivity index (χ0v) is 7.29. The highest BCUT2D eigenvalue weighted by Gasteiger charge is 2.12. The Morgan fingerprint density at radius 3 is 3.20 bits per heavy atom. The van der Waals surface area contributed by atoms with Crippen LogP contribution in [0.2, 0.25) is 0 Å². The Hall–Kier alpha value is -0.170. The highest BCUT2D eigenvalue weighted by molar-refractivity contribution is 7.99. The van der Waals surface area contributed by atoms with Crippen molar-refractivity contribution < 1.29 is 0 Å². The minimum absolute atomic E-state index is 0.774. The minimum atomic E-state index is 0.774. The summed E-state index contributed by atoms with van der Waals surface area (Å²) in [6.07, 6.45) is 5.56. The first-order chi connectivity index (χ1) is 4.88. The maximum atomic E-state index is 3.80. The molecule has 0 N–H and O–H groups in total. The molecule has 0 aromatic carbocycles. The topological polar surface area (TPSA) is 0 Å². The number of rotatable bonds is 2. The van der Waals surface area contributed by atoms with Crippen LogP contribution in [0.25, 0.3) is 0 Å². The second-order valence-corrected chi connectivity index (χ2v) is 3.63. The van der Waals surface area contributed by atoms with Crippen LogP contribution in [0.1, 0.15) is 13.3 Å². The molecule has 0 aromatic rings. The van der Waals surface area contributed by atoms with Gasteiger partial charge in [-0.05, 0) is 17.9 Å². The van der Waals surface area contributed by atoms with Crippen molar-refractivity contribution in [3.63, 3.8) is 0 Å². The molecule has 1 aliphatic rings. The predicted molar refractivity (Wildman–Crippen MR) is 49.4 cm³/mol. The quantitative estimate of drug-likeness (QED) is 0.589. The van der Waals surface area contributed by atoms with Gasteiger partial charge in [0.25, 0.3) is 0 Å².